The Balaban J connectivity index is 1.78. The van der Waals surface area contributed by atoms with Crippen LogP contribution in [0.3, 0.4) is 0 Å². The van der Waals surface area contributed by atoms with Crippen molar-refractivity contribution in [2.75, 3.05) is 5.73 Å². The van der Waals surface area contributed by atoms with Gasteiger partial charge in [0.05, 0.1) is 17.4 Å². The molecule has 0 radical (unpaired) electrons. The number of benzene rings is 2. The summed E-state index contributed by atoms with van der Waals surface area (Å²) in [5.74, 6) is 0.0371. The summed E-state index contributed by atoms with van der Waals surface area (Å²) in [5.41, 5.74) is 9.34. The Morgan fingerprint density at radius 3 is 2.43 bits per heavy atom. The topological polar surface area (TPSA) is 104 Å². The van der Waals surface area contributed by atoms with Gasteiger partial charge >= 0.3 is 0 Å². The second-order valence-electron chi connectivity index (χ2n) is 7.52. The maximum absolute atomic E-state index is 13.2. The standard InChI is InChI=1S/C19H19N5O2S2/c1-19(2,3)13-9-7-12(8-10-13)15-11-17(20)24(21-15)28(25,26)16-6-4-5-14-18(16)23-27-22-14/h4-11H,20H2,1-3H3. The lowest BCUT2D eigenvalue weighted by Crippen LogP contribution is -2.17. The second-order valence-corrected chi connectivity index (χ2v) is 9.78. The number of nitrogens with zero attached hydrogens (tertiary/aromatic N) is 4. The van der Waals surface area contributed by atoms with E-state index in [1.54, 1.807) is 18.2 Å². The monoisotopic (exact) mass is 413 g/mol. The predicted octanol–water partition coefficient (Wildman–Crippen LogP) is 3.67. The van der Waals surface area contributed by atoms with Crippen molar-refractivity contribution in [2.24, 2.45) is 0 Å². The Labute approximate surface area is 167 Å². The van der Waals surface area contributed by atoms with Crippen molar-refractivity contribution in [2.45, 2.75) is 31.1 Å². The molecule has 7 nitrogen and oxygen atoms in total. The van der Waals surface area contributed by atoms with E-state index in [4.69, 9.17) is 5.73 Å². The molecule has 4 aromatic rings. The van der Waals surface area contributed by atoms with Gasteiger partial charge in [0.2, 0.25) is 0 Å². The summed E-state index contributed by atoms with van der Waals surface area (Å²) in [6.45, 7) is 6.40. The SMILES string of the molecule is CC(C)(C)c1ccc(-c2cc(N)n(S(=O)(=O)c3cccc4nsnc34)n2)cc1. The number of fused-ring (bicyclic) bond motifs is 1. The number of anilines is 1. The van der Waals surface area contributed by atoms with E-state index in [1.807, 2.05) is 24.3 Å². The summed E-state index contributed by atoms with van der Waals surface area (Å²) in [6.07, 6.45) is 0. The second kappa shape index (κ2) is 6.39. The summed E-state index contributed by atoms with van der Waals surface area (Å²) in [5, 5.41) is 4.27. The molecule has 0 aliphatic heterocycles. The molecule has 0 saturated carbocycles. The minimum Gasteiger partial charge on any atom is -0.383 e. The van der Waals surface area contributed by atoms with Crippen molar-refractivity contribution in [1.29, 1.82) is 0 Å². The van der Waals surface area contributed by atoms with Crippen molar-refractivity contribution < 1.29 is 8.42 Å². The largest absolute Gasteiger partial charge is 0.383 e. The number of nitrogens with two attached hydrogens (primary N) is 1. The first kappa shape index (κ1) is 18.6. The Bertz CT molecular complexity index is 1270. The van der Waals surface area contributed by atoms with Gasteiger partial charge in [-0.15, -0.1) is 4.09 Å². The average molecular weight is 414 g/mol. The van der Waals surface area contributed by atoms with Crippen LogP contribution in [-0.2, 0) is 15.4 Å². The van der Waals surface area contributed by atoms with Crippen LogP contribution in [0.15, 0.2) is 53.4 Å². The third-order valence-electron chi connectivity index (χ3n) is 4.51. The Morgan fingerprint density at radius 1 is 1.04 bits per heavy atom. The van der Waals surface area contributed by atoms with Crippen LogP contribution in [0.1, 0.15) is 26.3 Å². The minimum atomic E-state index is -4.00. The normalized spacial score (nSPS) is 12.5. The number of hydrogen-bond acceptors (Lipinski definition) is 7. The number of rotatable bonds is 3. The van der Waals surface area contributed by atoms with E-state index in [1.165, 1.54) is 11.6 Å². The first-order valence-corrected chi connectivity index (χ1v) is 10.8. The molecule has 9 heteroatoms. The first-order chi connectivity index (χ1) is 13.2. The molecule has 144 valence electrons. The Kier molecular flexibility index (Phi) is 4.24. The van der Waals surface area contributed by atoms with Crippen molar-refractivity contribution in [3.8, 4) is 11.3 Å². The zero-order valence-corrected chi connectivity index (χ0v) is 17.3. The zero-order valence-electron chi connectivity index (χ0n) is 15.6. The molecule has 0 atom stereocenters. The van der Waals surface area contributed by atoms with Gasteiger partial charge in [0, 0.05) is 11.6 Å². The van der Waals surface area contributed by atoms with Gasteiger partial charge in [-0.2, -0.15) is 22.3 Å². The van der Waals surface area contributed by atoms with Gasteiger partial charge < -0.3 is 5.73 Å². The zero-order chi connectivity index (χ0) is 20.1. The molecule has 2 heterocycles. The summed E-state index contributed by atoms with van der Waals surface area (Å²) in [4.78, 5) is 0.0307. The van der Waals surface area contributed by atoms with E-state index >= 15 is 0 Å². The van der Waals surface area contributed by atoms with Gasteiger partial charge in [-0.1, -0.05) is 51.1 Å². The molecule has 0 aliphatic rings. The smallest absolute Gasteiger partial charge is 0.287 e. The van der Waals surface area contributed by atoms with Crippen molar-refractivity contribution >= 4 is 38.6 Å². The lowest BCUT2D eigenvalue weighted by Gasteiger charge is -2.18. The highest BCUT2D eigenvalue weighted by molar-refractivity contribution is 7.90. The highest BCUT2D eigenvalue weighted by Gasteiger charge is 2.25. The Hall–Kier alpha value is -2.78. The van der Waals surface area contributed by atoms with Crippen LogP contribution in [0.4, 0.5) is 5.82 Å². The van der Waals surface area contributed by atoms with Crippen LogP contribution in [0.25, 0.3) is 22.3 Å². The van der Waals surface area contributed by atoms with Gasteiger partial charge in [-0.05, 0) is 23.1 Å². The van der Waals surface area contributed by atoms with Gasteiger partial charge in [0.15, 0.2) is 0 Å². The third-order valence-corrected chi connectivity index (χ3v) is 6.68. The summed E-state index contributed by atoms with van der Waals surface area (Å²) < 4.78 is 35.4. The summed E-state index contributed by atoms with van der Waals surface area (Å²) in [7, 11) is -4.00. The fourth-order valence-corrected chi connectivity index (χ4v) is 4.90. The molecule has 0 unspecified atom stereocenters. The van der Waals surface area contributed by atoms with Gasteiger partial charge in [0.25, 0.3) is 10.0 Å². The van der Waals surface area contributed by atoms with E-state index in [0.717, 1.165) is 21.4 Å². The molecule has 0 amide bonds. The molecule has 0 fully saturated rings. The maximum atomic E-state index is 13.2. The molecule has 2 aromatic heterocycles. The molecule has 0 aliphatic carbocycles. The van der Waals surface area contributed by atoms with Gasteiger partial charge in [-0.3, -0.25) is 0 Å². The molecule has 0 saturated heterocycles. The van der Waals surface area contributed by atoms with E-state index in [2.05, 4.69) is 34.6 Å². The first-order valence-electron chi connectivity index (χ1n) is 8.61. The molecule has 0 spiro atoms. The van der Waals surface area contributed by atoms with Crippen LogP contribution >= 0.6 is 11.7 Å². The summed E-state index contributed by atoms with van der Waals surface area (Å²) in [6, 6.07) is 14.3. The van der Waals surface area contributed by atoms with E-state index in [-0.39, 0.29) is 16.1 Å². The minimum absolute atomic E-state index is 0.0283. The fraction of sp³-hybridized carbons (Fsp3) is 0.211. The number of aromatic nitrogens is 4. The molecule has 0 bridgehead atoms. The fourth-order valence-electron chi connectivity index (χ4n) is 2.94. The lowest BCUT2D eigenvalue weighted by molar-refractivity contribution is 0.582. The summed E-state index contributed by atoms with van der Waals surface area (Å²) >= 11 is 0.962. The third kappa shape index (κ3) is 3.06. The van der Waals surface area contributed by atoms with E-state index < -0.39 is 10.0 Å². The highest BCUT2D eigenvalue weighted by atomic mass is 32.2. The molecule has 2 aromatic carbocycles. The lowest BCUT2D eigenvalue weighted by atomic mass is 9.86. The maximum Gasteiger partial charge on any atom is 0.287 e. The van der Waals surface area contributed by atoms with Crippen LogP contribution < -0.4 is 5.73 Å². The highest BCUT2D eigenvalue weighted by Crippen LogP contribution is 2.29. The average Bonchev–Trinajstić information content (AvgIpc) is 3.27. The van der Waals surface area contributed by atoms with Crippen LogP contribution in [0.5, 0.6) is 0 Å². The number of hydrogen-bond donors (Lipinski definition) is 1. The van der Waals surface area contributed by atoms with Crippen LogP contribution in [-0.4, -0.2) is 26.4 Å². The quantitative estimate of drug-likeness (QED) is 0.549. The number of nitrogen functional groups attached to an aromatic ring is 1. The van der Waals surface area contributed by atoms with Crippen molar-refractivity contribution in [1.82, 2.24) is 17.9 Å². The van der Waals surface area contributed by atoms with Crippen molar-refractivity contribution in [3.05, 3.63) is 54.1 Å². The van der Waals surface area contributed by atoms with Gasteiger partial charge in [-0.25, -0.2) is 0 Å². The van der Waals surface area contributed by atoms with Crippen molar-refractivity contribution in [3.63, 3.8) is 0 Å². The molecule has 28 heavy (non-hydrogen) atoms. The predicted molar refractivity (Wildman–Crippen MR) is 111 cm³/mol. The van der Waals surface area contributed by atoms with E-state index in [9.17, 15) is 8.42 Å². The van der Waals surface area contributed by atoms with Gasteiger partial charge in [0.1, 0.15) is 21.7 Å². The van der Waals surface area contributed by atoms with E-state index in [0.29, 0.717) is 16.7 Å². The molecule has 2 N–H and O–H groups in total. The molecular weight excluding hydrogens is 394 g/mol. The molecular formula is C19H19N5O2S2. The van der Waals surface area contributed by atoms with Crippen LogP contribution in [0, 0.1) is 0 Å². The molecule has 4 rings (SSSR count). The van der Waals surface area contributed by atoms with Crippen LogP contribution in [0.2, 0.25) is 0 Å². The Morgan fingerprint density at radius 2 is 1.75 bits per heavy atom.